The molecule has 1 unspecified atom stereocenters. The molecule has 0 aromatic heterocycles. The van der Waals surface area contributed by atoms with Crippen LogP contribution in [-0.4, -0.2) is 35.3 Å². The molecule has 3 aromatic carbocycles. The summed E-state index contributed by atoms with van der Waals surface area (Å²) in [5, 5.41) is 4.17. The predicted octanol–water partition coefficient (Wildman–Crippen LogP) is 6.00. The van der Waals surface area contributed by atoms with Gasteiger partial charge >= 0.3 is 6.09 Å². The van der Waals surface area contributed by atoms with Crippen molar-refractivity contribution < 1.29 is 9.53 Å². The number of halogens is 1. The Labute approximate surface area is 215 Å². The van der Waals surface area contributed by atoms with Gasteiger partial charge in [-0.15, -0.1) is 24.0 Å². The minimum absolute atomic E-state index is 0. The van der Waals surface area contributed by atoms with E-state index in [0.29, 0.717) is 0 Å². The maximum atomic E-state index is 12.7. The molecule has 1 atom stereocenters. The minimum Gasteiger partial charge on any atom is -0.444 e. The molecule has 1 saturated heterocycles. The summed E-state index contributed by atoms with van der Waals surface area (Å²) in [6, 6.07) is 33.0. The molecule has 0 bridgehead atoms. The van der Waals surface area contributed by atoms with Crippen LogP contribution >= 0.6 is 31.2 Å². The molecule has 33 heavy (non-hydrogen) atoms. The molecule has 1 aliphatic rings. The lowest BCUT2D eigenvalue weighted by Crippen LogP contribution is -2.53. The molecule has 0 radical (unpaired) electrons. The molecule has 1 fully saturated rings. The van der Waals surface area contributed by atoms with E-state index in [9.17, 15) is 4.79 Å². The van der Waals surface area contributed by atoms with Gasteiger partial charge in [0.1, 0.15) is 28.8 Å². The first-order valence-electron chi connectivity index (χ1n) is 11.4. The van der Waals surface area contributed by atoms with Crippen LogP contribution in [0, 0.1) is 0 Å². The average Bonchev–Trinajstić information content (AvgIpc) is 2.76. The summed E-state index contributed by atoms with van der Waals surface area (Å²) in [5.74, 6) is 0. The molecule has 1 amide bonds. The van der Waals surface area contributed by atoms with Crippen LogP contribution in [0.15, 0.2) is 91.0 Å². The van der Waals surface area contributed by atoms with Crippen molar-refractivity contribution in [3.8, 4) is 0 Å². The molecule has 0 saturated carbocycles. The van der Waals surface area contributed by atoms with Gasteiger partial charge in [0, 0.05) is 19.0 Å². The normalized spacial score (nSPS) is 15.8. The number of benzene rings is 3. The molecular formula is C28H34INO2P+. The van der Waals surface area contributed by atoms with Crippen molar-refractivity contribution in [3.05, 3.63) is 91.0 Å². The lowest BCUT2D eigenvalue weighted by Gasteiger charge is -2.42. The Morgan fingerprint density at radius 3 is 1.61 bits per heavy atom. The van der Waals surface area contributed by atoms with E-state index in [2.05, 4.69) is 91.0 Å². The molecule has 4 rings (SSSR count). The first-order chi connectivity index (χ1) is 15.4. The number of carbonyl (C=O) groups excluding carboxylic acids is 1. The molecule has 0 N–H and O–H groups in total. The molecule has 0 aliphatic carbocycles. The minimum atomic E-state index is -1.86. The lowest BCUT2D eigenvalue weighted by atomic mass is 10.0. The zero-order valence-electron chi connectivity index (χ0n) is 19.7. The summed E-state index contributed by atoms with van der Waals surface area (Å²) >= 11 is 0. The predicted molar refractivity (Wildman–Crippen MR) is 151 cm³/mol. The number of ether oxygens (including phenoxy) is 1. The van der Waals surface area contributed by atoms with Crippen molar-refractivity contribution in [2.45, 2.75) is 45.3 Å². The van der Waals surface area contributed by atoms with Crippen LogP contribution in [0.5, 0.6) is 0 Å². The summed E-state index contributed by atoms with van der Waals surface area (Å²) in [7, 11) is -1.86. The fraction of sp³-hybridized carbons (Fsp3) is 0.321. The van der Waals surface area contributed by atoms with Crippen molar-refractivity contribution in [1.82, 2.24) is 4.90 Å². The number of rotatable bonds is 6. The first kappa shape index (κ1) is 25.7. The zero-order chi connectivity index (χ0) is 22.6. The van der Waals surface area contributed by atoms with Crippen molar-refractivity contribution in [2.75, 3.05) is 12.7 Å². The highest BCUT2D eigenvalue weighted by Gasteiger charge is 2.47. The van der Waals surface area contributed by atoms with Crippen molar-refractivity contribution in [3.63, 3.8) is 0 Å². The Hall–Kier alpha value is -1.91. The van der Waals surface area contributed by atoms with E-state index in [1.54, 1.807) is 0 Å². The molecule has 1 heterocycles. The summed E-state index contributed by atoms with van der Waals surface area (Å²) in [6.45, 7) is 6.57. The molecule has 5 heteroatoms. The Bertz CT molecular complexity index is 925. The number of hydrogen-bond acceptors (Lipinski definition) is 2. The van der Waals surface area contributed by atoms with Crippen molar-refractivity contribution >= 4 is 53.2 Å². The maximum Gasteiger partial charge on any atom is 0.410 e. The highest BCUT2D eigenvalue weighted by atomic mass is 127. The molecule has 174 valence electrons. The van der Waals surface area contributed by atoms with Gasteiger partial charge in [0.25, 0.3) is 0 Å². The van der Waals surface area contributed by atoms with Gasteiger partial charge in [-0.05, 0) is 63.6 Å². The Kier molecular flexibility index (Phi) is 8.58. The second-order valence-corrected chi connectivity index (χ2v) is 13.1. The zero-order valence-corrected chi connectivity index (χ0v) is 22.9. The van der Waals surface area contributed by atoms with E-state index in [4.69, 9.17) is 4.74 Å². The van der Waals surface area contributed by atoms with Crippen LogP contribution in [0.4, 0.5) is 4.79 Å². The maximum absolute atomic E-state index is 12.7. The quantitative estimate of drug-likeness (QED) is 0.267. The fourth-order valence-corrected chi connectivity index (χ4v) is 8.92. The number of likely N-dealkylation sites (tertiary alicyclic amines) is 1. The summed E-state index contributed by atoms with van der Waals surface area (Å²) in [4.78, 5) is 14.6. The molecule has 1 aliphatic heterocycles. The lowest BCUT2D eigenvalue weighted by molar-refractivity contribution is -0.00557. The van der Waals surface area contributed by atoms with Gasteiger partial charge < -0.3 is 9.64 Å². The Morgan fingerprint density at radius 2 is 1.27 bits per heavy atom. The highest BCUT2D eigenvalue weighted by molar-refractivity contribution is 14.0. The third-order valence-corrected chi connectivity index (χ3v) is 10.6. The average molecular weight is 574 g/mol. The van der Waals surface area contributed by atoms with E-state index in [1.165, 1.54) is 15.9 Å². The van der Waals surface area contributed by atoms with E-state index >= 15 is 0 Å². The van der Waals surface area contributed by atoms with Crippen LogP contribution in [0.3, 0.4) is 0 Å². The van der Waals surface area contributed by atoms with E-state index < -0.39 is 12.9 Å². The number of amides is 1. The SMILES string of the molecule is CC(C)(C)OC(=O)N1CCC1CC[P+](c1ccccc1)(c1ccccc1)c1ccccc1.I. The van der Waals surface area contributed by atoms with Gasteiger partial charge in [0.15, 0.2) is 0 Å². The summed E-state index contributed by atoms with van der Waals surface area (Å²) in [5.41, 5.74) is -0.466. The number of nitrogens with zero attached hydrogens (tertiary/aromatic N) is 1. The van der Waals surface area contributed by atoms with E-state index in [1.807, 2.05) is 25.7 Å². The molecule has 3 aromatic rings. The molecule has 3 nitrogen and oxygen atoms in total. The third kappa shape index (κ3) is 5.78. The van der Waals surface area contributed by atoms with Crippen molar-refractivity contribution in [1.29, 1.82) is 0 Å². The van der Waals surface area contributed by atoms with E-state index in [-0.39, 0.29) is 36.1 Å². The second-order valence-electron chi connectivity index (χ2n) is 9.44. The van der Waals surface area contributed by atoms with E-state index in [0.717, 1.165) is 25.5 Å². The molecule has 0 spiro atoms. The standard InChI is InChI=1S/C28H33NO2P.HI/c1-28(2,3)31-27(30)29-21-19-23(29)20-22-32(24-13-7-4-8-14-24,25-15-9-5-10-16-25)26-17-11-6-12-18-26;/h4-18,23H,19-22H2,1-3H3;1H/q+1;. The van der Waals surface area contributed by atoms with Gasteiger partial charge in [-0.25, -0.2) is 4.79 Å². The number of hydrogen-bond donors (Lipinski definition) is 0. The van der Waals surface area contributed by atoms with Gasteiger partial charge in [-0.2, -0.15) is 0 Å². The van der Waals surface area contributed by atoms with Crippen LogP contribution in [-0.2, 0) is 4.74 Å². The monoisotopic (exact) mass is 574 g/mol. The van der Waals surface area contributed by atoms with Crippen LogP contribution in [0.1, 0.15) is 33.6 Å². The summed E-state index contributed by atoms with van der Waals surface area (Å²) < 4.78 is 5.65. The first-order valence-corrected chi connectivity index (χ1v) is 13.4. The van der Waals surface area contributed by atoms with Gasteiger partial charge in [0.2, 0.25) is 0 Å². The topological polar surface area (TPSA) is 29.5 Å². The Morgan fingerprint density at radius 1 is 0.848 bits per heavy atom. The van der Waals surface area contributed by atoms with Gasteiger partial charge in [-0.3, -0.25) is 0 Å². The largest absolute Gasteiger partial charge is 0.444 e. The van der Waals surface area contributed by atoms with Crippen LogP contribution < -0.4 is 15.9 Å². The van der Waals surface area contributed by atoms with Crippen molar-refractivity contribution in [2.24, 2.45) is 0 Å². The smallest absolute Gasteiger partial charge is 0.410 e. The van der Waals surface area contributed by atoms with Crippen LogP contribution in [0.2, 0.25) is 0 Å². The van der Waals surface area contributed by atoms with Gasteiger partial charge in [-0.1, -0.05) is 54.6 Å². The fourth-order valence-electron chi connectivity index (χ4n) is 4.53. The van der Waals surface area contributed by atoms with Crippen LogP contribution in [0.25, 0.3) is 0 Å². The molecular weight excluding hydrogens is 540 g/mol. The third-order valence-electron chi connectivity index (χ3n) is 6.16. The summed E-state index contributed by atoms with van der Waals surface area (Å²) in [6.07, 6.45) is 2.84. The number of carbonyl (C=O) groups is 1. The Balaban J connectivity index is 0.00000306. The second kappa shape index (κ2) is 11.0. The van der Waals surface area contributed by atoms with Gasteiger partial charge in [0.05, 0.1) is 6.16 Å². The highest BCUT2D eigenvalue weighted by Crippen LogP contribution is 2.56.